The molecule has 0 aliphatic carbocycles. The van der Waals surface area contributed by atoms with E-state index in [1.165, 1.54) is 0 Å². The van der Waals surface area contributed by atoms with Crippen molar-refractivity contribution in [2.24, 2.45) is 0 Å². The van der Waals surface area contributed by atoms with Gasteiger partial charge in [-0.1, -0.05) is 41.9 Å². The van der Waals surface area contributed by atoms with Gasteiger partial charge in [-0.2, -0.15) is 5.10 Å². The highest BCUT2D eigenvalue weighted by Crippen LogP contribution is 2.31. The van der Waals surface area contributed by atoms with Gasteiger partial charge >= 0.3 is 0 Å². The number of nitrogens with zero attached hydrogens (tertiary/aromatic N) is 2. The summed E-state index contributed by atoms with van der Waals surface area (Å²) in [4.78, 5) is 4.50. The van der Waals surface area contributed by atoms with Gasteiger partial charge in [0.05, 0.1) is 12.7 Å². The first-order valence-electron chi connectivity index (χ1n) is 6.09. The first-order valence-corrected chi connectivity index (χ1v) is 6.47. The van der Waals surface area contributed by atoms with E-state index in [1.54, 1.807) is 19.2 Å². The van der Waals surface area contributed by atoms with Crippen LogP contribution in [0.2, 0.25) is 5.02 Å². The minimum atomic E-state index is 0.624. The molecule has 5 heteroatoms. The van der Waals surface area contributed by atoms with Gasteiger partial charge in [0.25, 0.3) is 0 Å². The monoisotopic (exact) mass is 285 g/mol. The summed E-state index contributed by atoms with van der Waals surface area (Å²) in [5.41, 5.74) is 1.74. The van der Waals surface area contributed by atoms with Crippen molar-refractivity contribution in [1.82, 2.24) is 15.2 Å². The van der Waals surface area contributed by atoms with Crippen molar-refractivity contribution >= 4 is 11.6 Å². The molecule has 3 rings (SSSR count). The van der Waals surface area contributed by atoms with E-state index >= 15 is 0 Å². The van der Waals surface area contributed by atoms with Crippen molar-refractivity contribution in [3.05, 3.63) is 53.6 Å². The summed E-state index contributed by atoms with van der Waals surface area (Å²) < 4.78 is 5.32. The van der Waals surface area contributed by atoms with Crippen LogP contribution in [0.1, 0.15) is 0 Å². The summed E-state index contributed by atoms with van der Waals surface area (Å²) in [7, 11) is 1.61. The Morgan fingerprint density at radius 3 is 2.65 bits per heavy atom. The molecule has 2 aromatic carbocycles. The van der Waals surface area contributed by atoms with Gasteiger partial charge in [-0.15, -0.1) is 0 Å². The molecule has 1 N–H and O–H groups in total. The van der Waals surface area contributed by atoms with Crippen molar-refractivity contribution in [2.45, 2.75) is 0 Å². The van der Waals surface area contributed by atoms with E-state index in [0.29, 0.717) is 22.4 Å². The van der Waals surface area contributed by atoms with Crippen molar-refractivity contribution in [3.8, 4) is 28.5 Å². The average molecular weight is 286 g/mol. The Balaban J connectivity index is 2.04. The minimum absolute atomic E-state index is 0.624. The van der Waals surface area contributed by atoms with E-state index in [1.807, 2.05) is 36.4 Å². The summed E-state index contributed by atoms with van der Waals surface area (Å²) in [5, 5.41) is 7.78. The number of rotatable bonds is 3. The van der Waals surface area contributed by atoms with Gasteiger partial charge in [-0.3, -0.25) is 5.10 Å². The van der Waals surface area contributed by atoms with Crippen LogP contribution in [0.5, 0.6) is 5.75 Å². The molecule has 0 saturated heterocycles. The Labute approximate surface area is 121 Å². The molecule has 0 fully saturated rings. The van der Waals surface area contributed by atoms with Crippen LogP contribution in [-0.2, 0) is 0 Å². The molecule has 0 radical (unpaired) electrons. The Morgan fingerprint density at radius 1 is 1.10 bits per heavy atom. The molecule has 0 amide bonds. The smallest absolute Gasteiger partial charge is 0.181 e. The van der Waals surface area contributed by atoms with E-state index in [4.69, 9.17) is 16.3 Å². The summed E-state index contributed by atoms with van der Waals surface area (Å²) in [6, 6.07) is 15.2. The number of H-pyrrole nitrogens is 1. The molecule has 1 aromatic heterocycles. The third-order valence-corrected chi connectivity index (χ3v) is 3.17. The fourth-order valence-corrected chi connectivity index (χ4v) is 2.14. The van der Waals surface area contributed by atoms with E-state index in [0.717, 1.165) is 11.1 Å². The van der Waals surface area contributed by atoms with E-state index < -0.39 is 0 Å². The zero-order valence-corrected chi connectivity index (χ0v) is 11.6. The SMILES string of the molecule is COc1ccc(Cl)cc1-c1nc(-c2ccccc2)n[nH]1. The van der Waals surface area contributed by atoms with Crippen LogP contribution in [0.4, 0.5) is 0 Å². The van der Waals surface area contributed by atoms with Crippen molar-refractivity contribution in [2.75, 3.05) is 7.11 Å². The van der Waals surface area contributed by atoms with Gasteiger partial charge in [0.1, 0.15) is 5.75 Å². The van der Waals surface area contributed by atoms with Gasteiger partial charge < -0.3 is 4.74 Å². The van der Waals surface area contributed by atoms with E-state index in [2.05, 4.69) is 15.2 Å². The maximum atomic E-state index is 6.03. The molecule has 0 unspecified atom stereocenters. The second-order valence-electron chi connectivity index (χ2n) is 4.22. The minimum Gasteiger partial charge on any atom is -0.496 e. The predicted octanol–water partition coefficient (Wildman–Crippen LogP) is 3.80. The molecular weight excluding hydrogens is 274 g/mol. The number of ether oxygens (including phenoxy) is 1. The lowest BCUT2D eigenvalue weighted by Crippen LogP contribution is -1.89. The van der Waals surface area contributed by atoms with Gasteiger partial charge in [-0.05, 0) is 18.2 Å². The maximum absolute atomic E-state index is 6.03. The van der Waals surface area contributed by atoms with Crippen molar-refractivity contribution < 1.29 is 4.74 Å². The van der Waals surface area contributed by atoms with E-state index in [9.17, 15) is 0 Å². The third kappa shape index (κ3) is 2.38. The second kappa shape index (κ2) is 5.35. The quantitative estimate of drug-likeness (QED) is 0.796. The van der Waals surface area contributed by atoms with Crippen LogP contribution >= 0.6 is 11.6 Å². The predicted molar refractivity (Wildman–Crippen MR) is 78.8 cm³/mol. The maximum Gasteiger partial charge on any atom is 0.181 e. The number of halogens is 1. The average Bonchev–Trinajstić information content (AvgIpc) is 2.98. The highest BCUT2D eigenvalue weighted by Gasteiger charge is 2.12. The second-order valence-corrected chi connectivity index (χ2v) is 4.65. The zero-order chi connectivity index (χ0) is 13.9. The van der Waals surface area contributed by atoms with Crippen LogP contribution in [0.3, 0.4) is 0 Å². The molecule has 0 atom stereocenters. The number of hydrogen-bond donors (Lipinski definition) is 1. The molecule has 0 bridgehead atoms. The standard InChI is InChI=1S/C15H12ClN3O/c1-20-13-8-7-11(16)9-12(13)15-17-14(18-19-15)10-5-3-2-4-6-10/h2-9H,1H3,(H,17,18,19). The van der Waals surface area contributed by atoms with Crippen LogP contribution in [0.25, 0.3) is 22.8 Å². The van der Waals surface area contributed by atoms with Crippen molar-refractivity contribution in [3.63, 3.8) is 0 Å². The fourth-order valence-electron chi connectivity index (χ4n) is 1.96. The Kier molecular flexibility index (Phi) is 3.39. The first kappa shape index (κ1) is 12.7. The van der Waals surface area contributed by atoms with Gasteiger partial charge in [-0.25, -0.2) is 4.98 Å². The normalized spacial score (nSPS) is 10.5. The van der Waals surface area contributed by atoms with Crippen LogP contribution in [0.15, 0.2) is 48.5 Å². The summed E-state index contributed by atoms with van der Waals surface area (Å²) in [5.74, 6) is 1.97. The summed E-state index contributed by atoms with van der Waals surface area (Å²) in [6.07, 6.45) is 0. The number of aromatic amines is 1. The highest BCUT2D eigenvalue weighted by molar-refractivity contribution is 6.30. The van der Waals surface area contributed by atoms with E-state index in [-0.39, 0.29) is 0 Å². The number of nitrogens with one attached hydrogen (secondary N) is 1. The summed E-state index contributed by atoms with van der Waals surface area (Å²) >= 11 is 6.03. The topological polar surface area (TPSA) is 50.8 Å². The number of benzene rings is 2. The molecule has 1 heterocycles. The number of aromatic nitrogens is 3. The van der Waals surface area contributed by atoms with Crippen LogP contribution in [-0.4, -0.2) is 22.3 Å². The van der Waals surface area contributed by atoms with Gasteiger partial charge in [0.15, 0.2) is 11.6 Å². The van der Waals surface area contributed by atoms with Crippen LogP contribution in [0, 0.1) is 0 Å². The molecule has 0 aliphatic heterocycles. The Hall–Kier alpha value is -2.33. The Morgan fingerprint density at radius 2 is 1.90 bits per heavy atom. The lowest BCUT2D eigenvalue weighted by molar-refractivity contribution is 0.416. The molecule has 0 aliphatic rings. The molecule has 3 aromatic rings. The zero-order valence-electron chi connectivity index (χ0n) is 10.8. The van der Waals surface area contributed by atoms with Gasteiger partial charge in [0, 0.05) is 10.6 Å². The molecule has 0 spiro atoms. The van der Waals surface area contributed by atoms with Crippen molar-refractivity contribution in [1.29, 1.82) is 0 Å². The molecule has 20 heavy (non-hydrogen) atoms. The summed E-state index contributed by atoms with van der Waals surface area (Å²) in [6.45, 7) is 0. The largest absolute Gasteiger partial charge is 0.496 e. The number of hydrogen-bond acceptors (Lipinski definition) is 3. The molecule has 0 saturated carbocycles. The third-order valence-electron chi connectivity index (χ3n) is 2.93. The van der Waals surface area contributed by atoms with Gasteiger partial charge in [0.2, 0.25) is 0 Å². The lowest BCUT2D eigenvalue weighted by Gasteiger charge is -2.05. The fraction of sp³-hybridized carbons (Fsp3) is 0.0667. The number of methoxy groups -OCH3 is 1. The van der Waals surface area contributed by atoms with Crippen LogP contribution < -0.4 is 4.74 Å². The lowest BCUT2D eigenvalue weighted by atomic mass is 10.2. The molecule has 4 nitrogen and oxygen atoms in total. The molecular formula is C15H12ClN3O. The highest BCUT2D eigenvalue weighted by atomic mass is 35.5. The molecule has 100 valence electrons. The first-order chi connectivity index (χ1) is 9.78. The Bertz CT molecular complexity index is 725.